The number of carbonyl (C=O) groups is 1. The van der Waals surface area contributed by atoms with Crippen molar-refractivity contribution in [1.29, 1.82) is 0 Å². The van der Waals surface area contributed by atoms with Gasteiger partial charge in [0.15, 0.2) is 0 Å². The van der Waals surface area contributed by atoms with Crippen molar-refractivity contribution in [3.63, 3.8) is 0 Å². The van der Waals surface area contributed by atoms with E-state index in [9.17, 15) is 18.0 Å². The third-order valence-corrected chi connectivity index (χ3v) is 3.11. The lowest BCUT2D eigenvalue weighted by atomic mass is 10.1. The van der Waals surface area contributed by atoms with E-state index in [0.29, 0.717) is 18.6 Å². The van der Waals surface area contributed by atoms with Crippen molar-refractivity contribution < 1.29 is 22.7 Å². The zero-order valence-corrected chi connectivity index (χ0v) is 10.7. The Morgan fingerprint density at radius 3 is 2.75 bits per heavy atom. The van der Waals surface area contributed by atoms with Crippen LogP contribution < -0.4 is 11.1 Å². The molecule has 1 aromatic carbocycles. The van der Waals surface area contributed by atoms with E-state index < -0.39 is 23.8 Å². The van der Waals surface area contributed by atoms with Gasteiger partial charge in [-0.2, -0.15) is 13.2 Å². The first kappa shape index (κ1) is 14.8. The van der Waals surface area contributed by atoms with Crippen molar-refractivity contribution >= 4 is 11.6 Å². The first-order chi connectivity index (χ1) is 9.41. The fourth-order valence-electron chi connectivity index (χ4n) is 2.06. The van der Waals surface area contributed by atoms with Crippen LogP contribution in [0, 0.1) is 0 Å². The van der Waals surface area contributed by atoms with E-state index in [1.54, 1.807) is 0 Å². The number of alkyl halides is 3. The van der Waals surface area contributed by atoms with E-state index in [2.05, 4.69) is 5.32 Å². The van der Waals surface area contributed by atoms with E-state index in [1.807, 2.05) is 0 Å². The van der Waals surface area contributed by atoms with Gasteiger partial charge in [0.25, 0.3) is 5.91 Å². The lowest BCUT2D eigenvalue weighted by Gasteiger charge is -2.16. The van der Waals surface area contributed by atoms with Crippen LogP contribution in [0.2, 0.25) is 0 Å². The highest BCUT2D eigenvalue weighted by atomic mass is 19.4. The summed E-state index contributed by atoms with van der Waals surface area (Å²) in [5.74, 6) is -0.548. The summed E-state index contributed by atoms with van der Waals surface area (Å²) in [5, 5.41) is 2.29. The average molecular weight is 288 g/mol. The molecule has 0 bridgehead atoms. The summed E-state index contributed by atoms with van der Waals surface area (Å²) >= 11 is 0. The van der Waals surface area contributed by atoms with Gasteiger partial charge in [0, 0.05) is 13.2 Å². The van der Waals surface area contributed by atoms with Crippen molar-refractivity contribution in [3.8, 4) is 0 Å². The molecule has 2 rings (SSSR count). The SMILES string of the molecule is NCc1ccc(NC(=O)C2CCCO2)c(C(F)(F)F)c1. The highest BCUT2D eigenvalue weighted by Crippen LogP contribution is 2.35. The number of amides is 1. The maximum absolute atomic E-state index is 13.0. The molecule has 1 aromatic rings. The Hall–Kier alpha value is -1.60. The zero-order valence-electron chi connectivity index (χ0n) is 10.7. The molecule has 0 aromatic heterocycles. The predicted octanol–water partition coefficient (Wildman–Crippen LogP) is 2.28. The molecule has 4 nitrogen and oxygen atoms in total. The summed E-state index contributed by atoms with van der Waals surface area (Å²) in [5.41, 5.74) is 4.53. The Balaban J connectivity index is 2.24. The Labute approximate surface area is 114 Å². The van der Waals surface area contributed by atoms with Gasteiger partial charge in [0.05, 0.1) is 11.3 Å². The van der Waals surface area contributed by atoms with Crippen LogP contribution in [0.4, 0.5) is 18.9 Å². The monoisotopic (exact) mass is 288 g/mol. The minimum absolute atomic E-state index is 0.00302. The molecule has 1 amide bonds. The van der Waals surface area contributed by atoms with E-state index in [0.717, 1.165) is 12.5 Å². The van der Waals surface area contributed by atoms with Crippen molar-refractivity contribution in [3.05, 3.63) is 29.3 Å². The van der Waals surface area contributed by atoms with Gasteiger partial charge >= 0.3 is 6.18 Å². The molecule has 0 aliphatic carbocycles. The number of ether oxygens (including phenoxy) is 1. The van der Waals surface area contributed by atoms with E-state index in [-0.39, 0.29) is 12.2 Å². The van der Waals surface area contributed by atoms with Gasteiger partial charge in [-0.25, -0.2) is 0 Å². The second kappa shape index (κ2) is 5.80. The van der Waals surface area contributed by atoms with E-state index in [1.165, 1.54) is 12.1 Å². The number of anilines is 1. The number of carbonyl (C=O) groups excluding carboxylic acids is 1. The van der Waals surface area contributed by atoms with E-state index in [4.69, 9.17) is 10.5 Å². The molecule has 1 aliphatic rings. The molecule has 20 heavy (non-hydrogen) atoms. The second-order valence-corrected chi connectivity index (χ2v) is 4.57. The summed E-state index contributed by atoms with van der Waals surface area (Å²) in [6.45, 7) is 0.458. The van der Waals surface area contributed by atoms with Crippen LogP contribution in [0.15, 0.2) is 18.2 Å². The predicted molar refractivity (Wildman–Crippen MR) is 66.9 cm³/mol. The molecular weight excluding hydrogens is 273 g/mol. The highest BCUT2D eigenvalue weighted by Gasteiger charge is 2.35. The Kier molecular flexibility index (Phi) is 4.29. The van der Waals surface area contributed by atoms with E-state index >= 15 is 0 Å². The van der Waals surface area contributed by atoms with Gasteiger partial charge in [-0.05, 0) is 30.5 Å². The molecule has 0 radical (unpaired) electrons. The molecule has 0 spiro atoms. The van der Waals surface area contributed by atoms with Gasteiger partial charge in [0.1, 0.15) is 6.10 Å². The Morgan fingerprint density at radius 2 is 2.20 bits per heavy atom. The minimum atomic E-state index is -4.55. The molecule has 1 aliphatic heterocycles. The van der Waals surface area contributed by atoms with Crippen molar-refractivity contribution in [2.75, 3.05) is 11.9 Å². The van der Waals surface area contributed by atoms with Crippen LogP contribution in [-0.4, -0.2) is 18.6 Å². The zero-order chi connectivity index (χ0) is 14.8. The number of halogens is 3. The number of benzene rings is 1. The summed E-state index contributed by atoms with van der Waals surface area (Å²) in [6.07, 6.45) is -3.97. The lowest BCUT2D eigenvalue weighted by Crippen LogP contribution is -2.28. The number of hydrogen-bond donors (Lipinski definition) is 2. The fourth-order valence-corrected chi connectivity index (χ4v) is 2.06. The maximum Gasteiger partial charge on any atom is 0.418 e. The van der Waals surface area contributed by atoms with Crippen LogP contribution in [-0.2, 0) is 22.3 Å². The normalized spacial score (nSPS) is 19.1. The highest BCUT2D eigenvalue weighted by molar-refractivity contribution is 5.95. The van der Waals surface area contributed by atoms with Crippen molar-refractivity contribution in [1.82, 2.24) is 0 Å². The standard InChI is InChI=1S/C13H15F3N2O2/c14-13(15,16)9-6-8(7-17)3-4-10(9)18-12(19)11-2-1-5-20-11/h3-4,6,11H,1-2,5,7,17H2,(H,18,19). The molecule has 1 unspecified atom stereocenters. The molecular formula is C13H15F3N2O2. The van der Waals surface area contributed by atoms with Gasteiger partial charge in [0.2, 0.25) is 0 Å². The largest absolute Gasteiger partial charge is 0.418 e. The maximum atomic E-state index is 13.0. The smallest absolute Gasteiger partial charge is 0.368 e. The fraction of sp³-hybridized carbons (Fsp3) is 0.462. The third kappa shape index (κ3) is 3.29. The first-order valence-corrected chi connectivity index (χ1v) is 6.24. The molecule has 7 heteroatoms. The molecule has 0 saturated carbocycles. The Bertz CT molecular complexity index is 497. The quantitative estimate of drug-likeness (QED) is 0.897. The molecule has 1 saturated heterocycles. The van der Waals surface area contributed by atoms with Gasteiger partial charge < -0.3 is 15.8 Å². The lowest BCUT2D eigenvalue weighted by molar-refractivity contribution is -0.137. The van der Waals surface area contributed by atoms with Crippen LogP contribution in [0.3, 0.4) is 0 Å². The topological polar surface area (TPSA) is 64.3 Å². The van der Waals surface area contributed by atoms with Crippen LogP contribution in [0.1, 0.15) is 24.0 Å². The average Bonchev–Trinajstić information content (AvgIpc) is 2.91. The Morgan fingerprint density at radius 1 is 1.45 bits per heavy atom. The summed E-state index contributed by atoms with van der Waals surface area (Å²) in [6, 6.07) is 3.63. The van der Waals surface area contributed by atoms with Crippen molar-refractivity contribution in [2.45, 2.75) is 31.7 Å². The third-order valence-electron chi connectivity index (χ3n) is 3.11. The summed E-state index contributed by atoms with van der Waals surface area (Å²) < 4.78 is 44.1. The first-order valence-electron chi connectivity index (χ1n) is 6.24. The minimum Gasteiger partial charge on any atom is -0.368 e. The van der Waals surface area contributed by atoms with Crippen molar-refractivity contribution in [2.24, 2.45) is 5.73 Å². The number of nitrogens with two attached hydrogens (primary N) is 1. The summed E-state index contributed by atoms with van der Waals surface area (Å²) in [4.78, 5) is 11.8. The van der Waals surface area contributed by atoms with Gasteiger partial charge in [-0.3, -0.25) is 4.79 Å². The van der Waals surface area contributed by atoms with Gasteiger partial charge in [-0.15, -0.1) is 0 Å². The second-order valence-electron chi connectivity index (χ2n) is 4.57. The molecule has 1 fully saturated rings. The molecule has 3 N–H and O–H groups in total. The molecule has 110 valence electrons. The van der Waals surface area contributed by atoms with Crippen LogP contribution in [0.5, 0.6) is 0 Å². The van der Waals surface area contributed by atoms with Gasteiger partial charge in [-0.1, -0.05) is 6.07 Å². The number of nitrogens with one attached hydrogen (secondary N) is 1. The number of rotatable bonds is 3. The number of hydrogen-bond acceptors (Lipinski definition) is 3. The van der Waals surface area contributed by atoms with Crippen LogP contribution >= 0.6 is 0 Å². The van der Waals surface area contributed by atoms with Crippen LogP contribution in [0.25, 0.3) is 0 Å². The summed E-state index contributed by atoms with van der Waals surface area (Å²) in [7, 11) is 0. The molecule has 1 atom stereocenters. The molecule has 1 heterocycles.